The van der Waals surface area contributed by atoms with Gasteiger partial charge in [-0.05, 0) is 18.4 Å². The zero-order valence-corrected chi connectivity index (χ0v) is 9.28. The highest BCUT2D eigenvalue weighted by molar-refractivity contribution is 5.56. The van der Waals surface area contributed by atoms with Crippen molar-refractivity contribution in [2.45, 2.75) is 20.8 Å². The Hall–Kier alpha value is -1.58. The van der Waals surface area contributed by atoms with Gasteiger partial charge in [0.25, 0.3) is 5.69 Å². The van der Waals surface area contributed by atoms with E-state index in [1.165, 1.54) is 6.07 Å². The molecule has 4 nitrogen and oxygen atoms in total. The average Bonchev–Trinajstić information content (AvgIpc) is 2.16. The SMILES string of the molecule is Cc1ccc([N+](=O)[O-])cc1NCC(C)C. The van der Waals surface area contributed by atoms with Crippen LogP contribution in [-0.2, 0) is 0 Å². The van der Waals surface area contributed by atoms with Crippen LogP contribution in [0, 0.1) is 23.0 Å². The first-order chi connectivity index (χ1) is 7.00. The molecule has 4 heteroatoms. The van der Waals surface area contributed by atoms with E-state index in [4.69, 9.17) is 0 Å². The van der Waals surface area contributed by atoms with Crippen LogP contribution in [0.15, 0.2) is 18.2 Å². The molecule has 0 fully saturated rings. The minimum atomic E-state index is -0.375. The lowest BCUT2D eigenvalue weighted by atomic mass is 10.1. The second-order valence-corrected chi connectivity index (χ2v) is 4.03. The third-order valence-electron chi connectivity index (χ3n) is 2.13. The lowest BCUT2D eigenvalue weighted by Gasteiger charge is -2.11. The van der Waals surface area contributed by atoms with Crippen molar-refractivity contribution in [2.75, 3.05) is 11.9 Å². The predicted molar refractivity (Wildman–Crippen MR) is 61.2 cm³/mol. The first-order valence-electron chi connectivity index (χ1n) is 4.99. The number of benzene rings is 1. The minimum absolute atomic E-state index is 0.131. The number of anilines is 1. The summed E-state index contributed by atoms with van der Waals surface area (Å²) in [5, 5.41) is 13.8. The molecule has 0 aliphatic heterocycles. The van der Waals surface area contributed by atoms with Gasteiger partial charge in [0.2, 0.25) is 0 Å². The molecule has 0 aliphatic carbocycles. The summed E-state index contributed by atoms with van der Waals surface area (Å²) in [4.78, 5) is 10.2. The summed E-state index contributed by atoms with van der Waals surface area (Å²) in [5.74, 6) is 0.517. The molecule has 0 radical (unpaired) electrons. The molecule has 82 valence electrons. The van der Waals surface area contributed by atoms with Gasteiger partial charge in [-0.1, -0.05) is 19.9 Å². The third-order valence-corrected chi connectivity index (χ3v) is 2.13. The topological polar surface area (TPSA) is 55.2 Å². The summed E-state index contributed by atoms with van der Waals surface area (Å²) >= 11 is 0. The van der Waals surface area contributed by atoms with Gasteiger partial charge in [0.1, 0.15) is 0 Å². The molecule has 0 bridgehead atoms. The molecule has 1 aromatic rings. The van der Waals surface area contributed by atoms with Gasteiger partial charge in [0, 0.05) is 24.4 Å². The van der Waals surface area contributed by atoms with Gasteiger partial charge in [-0.15, -0.1) is 0 Å². The molecule has 15 heavy (non-hydrogen) atoms. The molecular formula is C11H16N2O2. The van der Waals surface area contributed by atoms with Crippen molar-refractivity contribution in [2.24, 2.45) is 5.92 Å². The third kappa shape index (κ3) is 3.23. The molecule has 0 saturated carbocycles. The monoisotopic (exact) mass is 208 g/mol. The second-order valence-electron chi connectivity index (χ2n) is 4.03. The van der Waals surface area contributed by atoms with E-state index in [2.05, 4.69) is 19.2 Å². The smallest absolute Gasteiger partial charge is 0.271 e. The molecule has 0 aromatic heterocycles. The molecule has 0 unspecified atom stereocenters. The van der Waals surface area contributed by atoms with Crippen molar-refractivity contribution < 1.29 is 4.92 Å². The Kier molecular flexibility index (Phi) is 3.66. The van der Waals surface area contributed by atoms with Crippen molar-refractivity contribution in [1.29, 1.82) is 0 Å². The number of hydrogen-bond donors (Lipinski definition) is 1. The lowest BCUT2D eigenvalue weighted by Crippen LogP contribution is -2.09. The quantitative estimate of drug-likeness (QED) is 0.611. The van der Waals surface area contributed by atoms with Crippen molar-refractivity contribution in [3.63, 3.8) is 0 Å². The van der Waals surface area contributed by atoms with E-state index >= 15 is 0 Å². The standard InChI is InChI=1S/C11H16N2O2/c1-8(2)7-12-11-6-10(13(14)15)5-4-9(11)3/h4-6,8,12H,7H2,1-3H3. The van der Waals surface area contributed by atoms with Gasteiger partial charge in [-0.25, -0.2) is 0 Å². The van der Waals surface area contributed by atoms with Crippen molar-refractivity contribution >= 4 is 11.4 Å². The van der Waals surface area contributed by atoms with Gasteiger partial charge in [-0.3, -0.25) is 10.1 Å². The van der Waals surface area contributed by atoms with Crippen LogP contribution in [0.1, 0.15) is 19.4 Å². The number of non-ortho nitro benzene ring substituents is 1. The van der Waals surface area contributed by atoms with E-state index in [1.807, 2.05) is 6.92 Å². The van der Waals surface area contributed by atoms with Crippen LogP contribution < -0.4 is 5.32 Å². The van der Waals surface area contributed by atoms with Crippen LogP contribution in [0.3, 0.4) is 0 Å². The Balaban J connectivity index is 2.85. The highest BCUT2D eigenvalue weighted by atomic mass is 16.6. The molecule has 0 saturated heterocycles. The fourth-order valence-electron chi connectivity index (χ4n) is 1.23. The molecule has 0 amide bonds. The lowest BCUT2D eigenvalue weighted by molar-refractivity contribution is -0.384. The van der Waals surface area contributed by atoms with E-state index in [1.54, 1.807) is 12.1 Å². The van der Waals surface area contributed by atoms with Gasteiger partial charge < -0.3 is 5.32 Å². The summed E-state index contributed by atoms with van der Waals surface area (Å²) < 4.78 is 0. The van der Waals surface area contributed by atoms with E-state index in [-0.39, 0.29) is 10.6 Å². The number of nitro benzene ring substituents is 1. The Morgan fingerprint density at radius 1 is 1.47 bits per heavy atom. The van der Waals surface area contributed by atoms with Gasteiger partial charge >= 0.3 is 0 Å². The van der Waals surface area contributed by atoms with Gasteiger partial charge in [0.05, 0.1) is 4.92 Å². The maximum Gasteiger partial charge on any atom is 0.271 e. The molecule has 1 N–H and O–H groups in total. The predicted octanol–water partition coefficient (Wildman–Crippen LogP) is 2.97. The highest BCUT2D eigenvalue weighted by Gasteiger charge is 2.08. The van der Waals surface area contributed by atoms with E-state index < -0.39 is 0 Å². The molecule has 1 aromatic carbocycles. The second kappa shape index (κ2) is 4.77. The number of nitrogens with zero attached hydrogens (tertiary/aromatic N) is 1. The van der Waals surface area contributed by atoms with Crippen LogP contribution in [0.25, 0.3) is 0 Å². The summed E-state index contributed by atoms with van der Waals surface area (Å²) in [6.45, 7) is 6.95. The summed E-state index contributed by atoms with van der Waals surface area (Å²) in [6, 6.07) is 4.87. The van der Waals surface area contributed by atoms with Crippen LogP contribution >= 0.6 is 0 Å². The van der Waals surface area contributed by atoms with Gasteiger partial charge in [0.15, 0.2) is 0 Å². The number of aryl methyl sites for hydroxylation is 1. The zero-order valence-electron chi connectivity index (χ0n) is 9.28. The maximum absolute atomic E-state index is 10.6. The van der Waals surface area contributed by atoms with Crippen LogP contribution in [-0.4, -0.2) is 11.5 Å². The summed E-state index contributed by atoms with van der Waals surface area (Å²) in [5.41, 5.74) is 2.01. The molecule has 0 spiro atoms. The van der Waals surface area contributed by atoms with E-state index in [9.17, 15) is 10.1 Å². The maximum atomic E-state index is 10.6. The highest BCUT2D eigenvalue weighted by Crippen LogP contribution is 2.21. The number of rotatable bonds is 4. The fraction of sp³-hybridized carbons (Fsp3) is 0.455. The van der Waals surface area contributed by atoms with Crippen LogP contribution in [0.5, 0.6) is 0 Å². The number of nitrogens with one attached hydrogen (secondary N) is 1. The first-order valence-corrected chi connectivity index (χ1v) is 4.99. The molecule has 1 rings (SSSR count). The largest absolute Gasteiger partial charge is 0.384 e. The number of hydrogen-bond acceptors (Lipinski definition) is 3. The van der Waals surface area contributed by atoms with Crippen molar-refractivity contribution in [3.8, 4) is 0 Å². The Morgan fingerprint density at radius 2 is 2.13 bits per heavy atom. The van der Waals surface area contributed by atoms with Crippen molar-refractivity contribution in [3.05, 3.63) is 33.9 Å². The molecule has 0 heterocycles. The first kappa shape index (κ1) is 11.5. The Bertz CT molecular complexity index is 362. The molecule has 0 atom stereocenters. The Morgan fingerprint density at radius 3 is 2.67 bits per heavy atom. The Labute approximate surface area is 89.5 Å². The molecular weight excluding hydrogens is 192 g/mol. The van der Waals surface area contributed by atoms with Crippen LogP contribution in [0.4, 0.5) is 11.4 Å². The van der Waals surface area contributed by atoms with Crippen molar-refractivity contribution in [1.82, 2.24) is 0 Å². The fourth-order valence-corrected chi connectivity index (χ4v) is 1.23. The minimum Gasteiger partial charge on any atom is -0.384 e. The zero-order chi connectivity index (χ0) is 11.4. The molecule has 0 aliphatic rings. The van der Waals surface area contributed by atoms with Crippen LogP contribution in [0.2, 0.25) is 0 Å². The van der Waals surface area contributed by atoms with E-state index in [0.717, 1.165) is 17.8 Å². The number of nitro groups is 1. The average molecular weight is 208 g/mol. The summed E-state index contributed by atoms with van der Waals surface area (Å²) in [6.07, 6.45) is 0. The van der Waals surface area contributed by atoms with E-state index in [0.29, 0.717) is 5.92 Å². The van der Waals surface area contributed by atoms with Gasteiger partial charge in [-0.2, -0.15) is 0 Å². The summed E-state index contributed by atoms with van der Waals surface area (Å²) in [7, 11) is 0. The normalized spacial score (nSPS) is 10.4.